The molecular weight excluding hydrogens is 510 g/mol. The van der Waals surface area contributed by atoms with Crippen LogP contribution in [-0.4, -0.2) is 54.1 Å². The number of fused-ring (bicyclic) bond motifs is 1. The van der Waals surface area contributed by atoms with Crippen molar-refractivity contribution in [2.24, 2.45) is 0 Å². The molecule has 10 nitrogen and oxygen atoms in total. The summed E-state index contributed by atoms with van der Waals surface area (Å²) in [6.07, 6.45) is 3.45. The Hall–Kier alpha value is -3.47. The van der Waals surface area contributed by atoms with Gasteiger partial charge in [-0.15, -0.1) is 11.3 Å². The molecule has 1 aliphatic rings. The lowest BCUT2D eigenvalue weighted by atomic mass is 10.0. The van der Waals surface area contributed by atoms with Crippen molar-refractivity contribution < 1.29 is 33.7 Å². The highest BCUT2D eigenvalue weighted by atomic mass is 32.1. The van der Waals surface area contributed by atoms with E-state index in [4.69, 9.17) is 14.2 Å². The first kappa shape index (κ1) is 29.1. The van der Waals surface area contributed by atoms with Gasteiger partial charge in [0, 0.05) is 11.4 Å². The van der Waals surface area contributed by atoms with Crippen molar-refractivity contribution in [3.05, 3.63) is 46.2 Å². The monoisotopic (exact) mass is 547 g/mol. The highest BCUT2D eigenvalue weighted by Gasteiger charge is 2.24. The maximum Gasteiger partial charge on any atom is 0.410 e. The van der Waals surface area contributed by atoms with Crippen LogP contribution in [0.5, 0.6) is 11.5 Å². The Morgan fingerprint density at radius 1 is 1.11 bits per heavy atom. The fourth-order valence-electron chi connectivity index (χ4n) is 4.03. The van der Waals surface area contributed by atoms with E-state index >= 15 is 0 Å². The average molecular weight is 548 g/mol. The van der Waals surface area contributed by atoms with Crippen molar-refractivity contribution >= 4 is 29.4 Å². The number of carbonyl (C=O) groups is 3. The lowest BCUT2D eigenvalue weighted by molar-refractivity contribution is -0.137. The first-order valence-corrected chi connectivity index (χ1v) is 13.9. The number of amides is 3. The smallest absolute Gasteiger partial charge is 0.410 e. The molecule has 0 bridgehead atoms. The van der Waals surface area contributed by atoms with Crippen LogP contribution in [0.1, 0.15) is 68.9 Å². The molecule has 3 N–H and O–H groups in total. The molecule has 1 aliphatic heterocycles. The maximum absolute atomic E-state index is 12.9. The molecule has 2 atom stereocenters. The van der Waals surface area contributed by atoms with Crippen LogP contribution < -0.4 is 20.1 Å². The quantitative estimate of drug-likeness (QED) is 0.277. The van der Waals surface area contributed by atoms with Gasteiger partial charge in [-0.1, -0.05) is 45.2 Å². The van der Waals surface area contributed by atoms with E-state index in [9.17, 15) is 19.5 Å². The average Bonchev–Trinajstić information content (AvgIpc) is 3.58. The Morgan fingerprint density at radius 3 is 2.61 bits per heavy atom. The number of nitrogens with one attached hydrogen (secondary N) is 2. The Balaban J connectivity index is 1.61. The van der Waals surface area contributed by atoms with Gasteiger partial charge in [-0.2, -0.15) is 0 Å². The van der Waals surface area contributed by atoms with Crippen LogP contribution in [-0.2, 0) is 16.1 Å². The number of carbonyl (C=O) groups excluding carboxylic acids is 2. The number of carboxylic acids is 1. The van der Waals surface area contributed by atoms with Crippen molar-refractivity contribution in [1.82, 2.24) is 15.5 Å². The maximum atomic E-state index is 12.9. The molecule has 1 aromatic heterocycles. The van der Waals surface area contributed by atoms with Crippen molar-refractivity contribution in [3.8, 4) is 11.5 Å². The van der Waals surface area contributed by atoms with Gasteiger partial charge in [-0.05, 0) is 42.0 Å². The van der Waals surface area contributed by atoms with Crippen molar-refractivity contribution in [3.63, 3.8) is 0 Å². The van der Waals surface area contributed by atoms with Crippen LogP contribution in [0.2, 0.25) is 0 Å². The van der Waals surface area contributed by atoms with E-state index in [1.807, 2.05) is 24.4 Å². The second kappa shape index (κ2) is 15.1. The van der Waals surface area contributed by atoms with Crippen LogP contribution in [0.25, 0.3) is 0 Å². The molecule has 2 heterocycles. The van der Waals surface area contributed by atoms with Gasteiger partial charge in [0.1, 0.15) is 6.61 Å². The minimum atomic E-state index is -1.05. The van der Waals surface area contributed by atoms with Crippen molar-refractivity contribution in [2.45, 2.75) is 71.0 Å². The third-order valence-electron chi connectivity index (χ3n) is 6.10. The third kappa shape index (κ3) is 9.13. The van der Waals surface area contributed by atoms with E-state index in [-0.39, 0.29) is 19.8 Å². The topological polar surface area (TPSA) is 126 Å². The molecule has 2 aromatic rings. The second-order valence-electron chi connectivity index (χ2n) is 9.15. The largest absolute Gasteiger partial charge is 0.481 e. The van der Waals surface area contributed by atoms with E-state index in [0.717, 1.165) is 30.6 Å². The molecule has 0 saturated carbocycles. The molecule has 11 heteroatoms. The van der Waals surface area contributed by atoms with Crippen LogP contribution >= 0.6 is 11.3 Å². The summed E-state index contributed by atoms with van der Waals surface area (Å²) in [6.45, 7) is 5.30. The lowest BCUT2D eigenvalue weighted by Gasteiger charge is -2.25. The minimum Gasteiger partial charge on any atom is -0.481 e. The number of aliphatic carboxylic acids is 1. The predicted octanol–water partition coefficient (Wildman–Crippen LogP) is 5.29. The molecule has 0 spiro atoms. The first-order chi connectivity index (χ1) is 18.4. The number of unbranched alkanes of at least 4 members (excludes halogenated alkanes) is 2. The van der Waals surface area contributed by atoms with Gasteiger partial charge in [0.2, 0.25) is 6.79 Å². The van der Waals surface area contributed by atoms with Gasteiger partial charge in [0.05, 0.1) is 25.0 Å². The number of nitrogens with zero attached hydrogens (tertiary/aromatic N) is 1. The van der Waals surface area contributed by atoms with Crippen LogP contribution in [0.3, 0.4) is 0 Å². The van der Waals surface area contributed by atoms with Crippen molar-refractivity contribution in [2.75, 3.05) is 19.9 Å². The summed E-state index contributed by atoms with van der Waals surface area (Å²) >= 11 is 1.59. The van der Waals surface area contributed by atoms with Crippen LogP contribution in [0, 0.1) is 0 Å². The SMILES string of the molecule is CCCCC(COC(=O)N(CCCC)Cc1cccs1)NC(=O)NC(CC(=O)O)c1ccc2c(c1)OCO2. The number of ether oxygens (including phenoxy) is 3. The van der Waals surface area contributed by atoms with E-state index in [1.54, 1.807) is 34.4 Å². The number of rotatable bonds is 15. The molecule has 0 aliphatic carbocycles. The molecule has 0 saturated heterocycles. The second-order valence-corrected chi connectivity index (χ2v) is 10.2. The highest BCUT2D eigenvalue weighted by Crippen LogP contribution is 2.34. The Kier molecular flexibility index (Phi) is 11.5. The highest BCUT2D eigenvalue weighted by molar-refractivity contribution is 7.09. The molecule has 0 radical (unpaired) electrons. The fourth-order valence-corrected chi connectivity index (χ4v) is 4.75. The number of hydrogen-bond donors (Lipinski definition) is 3. The molecule has 1 aromatic carbocycles. The third-order valence-corrected chi connectivity index (χ3v) is 6.96. The lowest BCUT2D eigenvalue weighted by Crippen LogP contribution is -2.46. The first-order valence-electron chi connectivity index (χ1n) is 13.0. The summed E-state index contributed by atoms with van der Waals surface area (Å²) in [5.74, 6) is 0.0196. The number of benzene rings is 1. The zero-order chi connectivity index (χ0) is 27.3. The van der Waals surface area contributed by atoms with E-state index < -0.39 is 30.2 Å². The summed E-state index contributed by atoms with van der Waals surface area (Å²) < 4.78 is 16.3. The summed E-state index contributed by atoms with van der Waals surface area (Å²) in [6, 6.07) is 7.27. The number of thiophene rings is 1. The van der Waals surface area contributed by atoms with Gasteiger partial charge in [0.25, 0.3) is 0 Å². The Morgan fingerprint density at radius 2 is 1.89 bits per heavy atom. The van der Waals surface area contributed by atoms with Gasteiger partial charge in [-0.25, -0.2) is 9.59 Å². The number of urea groups is 1. The van der Waals surface area contributed by atoms with Crippen LogP contribution in [0.15, 0.2) is 35.7 Å². The van der Waals surface area contributed by atoms with E-state index in [0.29, 0.717) is 36.6 Å². The molecule has 3 rings (SSSR count). The van der Waals surface area contributed by atoms with Crippen LogP contribution in [0.4, 0.5) is 9.59 Å². The summed E-state index contributed by atoms with van der Waals surface area (Å²) in [5, 5.41) is 17.0. The Labute approximate surface area is 227 Å². The molecule has 38 heavy (non-hydrogen) atoms. The zero-order valence-corrected chi connectivity index (χ0v) is 22.8. The zero-order valence-electron chi connectivity index (χ0n) is 21.9. The van der Waals surface area contributed by atoms with E-state index in [2.05, 4.69) is 17.6 Å². The molecule has 208 valence electrons. The summed E-state index contributed by atoms with van der Waals surface area (Å²) in [7, 11) is 0. The van der Waals surface area contributed by atoms with Gasteiger partial charge in [0.15, 0.2) is 11.5 Å². The molecule has 2 unspecified atom stereocenters. The summed E-state index contributed by atoms with van der Waals surface area (Å²) in [4.78, 5) is 40.1. The molecule has 3 amide bonds. The number of carboxylic acid groups (broad SMARTS) is 1. The predicted molar refractivity (Wildman–Crippen MR) is 144 cm³/mol. The Bertz CT molecular complexity index is 1050. The van der Waals surface area contributed by atoms with E-state index in [1.165, 1.54) is 0 Å². The standard InChI is InChI=1S/C27H37N3O7S/c1-3-5-8-20(17-35-27(34)30(12-6-4-2)16-21-9-7-13-38-21)28-26(33)29-22(15-25(31)32)19-10-11-23-24(14-19)37-18-36-23/h7,9-11,13-14,20,22H,3-6,8,12,15-18H2,1-2H3,(H,31,32)(H2,28,29,33). The molecular formula is C27H37N3O7S. The van der Waals surface area contributed by atoms with Crippen molar-refractivity contribution in [1.29, 1.82) is 0 Å². The number of hydrogen-bond acceptors (Lipinski definition) is 7. The van der Waals surface area contributed by atoms with Gasteiger partial charge < -0.3 is 34.9 Å². The minimum absolute atomic E-state index is 0.0208. The normalized spacial score (nSPS) is 13.4. The van der Waals surface area contributed by atoms with Gasteiger partial charge in [-0.3, -0.25) is 4.79 Å². The van der Waals surface area contributed by atoms with Gasteiger partial charge >= 0.3 is 18.1 Å². The fraction of sp³-hybridized carbons (Fsp3) is 0.519. The summed E-state index contributed by atoms with van der Waals surface area (Å²) in [5.41, 5.74) is 0.587. The molecule has 0 fully saturated rings.